The molecule has 2 atom stereocenters. The minimum Gasteiger partial charge on any atom is -0.300 e. The number of ketones is 2. The Hall–Kier alpha value is -0.920. The standard InChI is InChI=1S/C13H18O2/c1-8-10-5-4-9(14)6-11(8)13(2,3)7-12(10)15/h10-11H,1,4-7H2,2-3H3/t10-,11+/m1/s1. The molecule has 82 valence electrons. The highest BCUT2D eigenvalue weighted by Crippen LogP contribution is 2.48. The molecule has 0 saturated heterocycles. The van der Waals surface area contributed by atoms with E-state index in [1.54, 1.807) is 0 Å². The smallest absolute Gasteiger partial charge is 0.140 e. The Balaban J connectivity index is 2.39. The SMILES string of the molecule is C=C1[C@H]2CCC(=O)C[C@@H]1C(C)(C)CC2=O. The predicted molar refractivity (Wildman–Crippen MR) is 58.4 cm³/mol. The molecule has 0 spiro atoms. The minimum atomic E-state index is -0.0787. The van der Waals surface area contributed by atoms with Crippen LogP contribution in [0.1, 0.15) is 39.5 Å². The van der Waals surface area contributed by atoms with Crippen molar-refractivity contribution >= 4 is 11.6 Å². The predicted octanol–water partition coefficient (Wildman–Crippen LogP) is 2.53. The average molecular weight is 206 g/mol. The second-order valence-electron chi connectivity index (χ2n) is 5.59. The van der Waals surface area contributed by atoms with Crippen molar-refractivity contribution in [1.82, 2.24) is 0 Å². The molecule has 0 radical (unpaired) electrons. The van der Waals surface area contributed by atoms with E-state index in [1.807, 2.05) is 0 Å². The largest absolute Gasteiger partial charge is 0.300 e. The molecule has 2 bridgehead atoms. The van der Waals surface area contributed by atoms with Gasteiger partial charge in [0.25, 0.3) is 0 Å². The van der Waals surface area contributed by atoms with Gasteiger partial charge in [-0.15, -0.1) is 0 Å². The Kier molecular flexibility index (Phi) is 2.32. The van der Waals surface area contributed by atoms with Gasteiger partial charge in [0.15, 0.2) is 0 Å². The summed E-state index contributed by atoms with van der Waals surface area (Å²) < 4.78 is 0. The summed E-state index contributed by atoms with van der Waals surface area (Å²) in [6, 6.07) is 0. The summed E-state index contributed by atoms with van der Waals surface area (Å²) in [6.07, 6.45) is 2.45. The van der Waals surface area contributed by atoms with E-state index in [2.05, 4.69) is 20.4 Å². The van der Waals surface area contributed by atoms with Crippen LogP contribution in [0.4, 0.5) is 0 Å². The Morgan fingerprint density at radius 3 is 2.67 bits per heavy atom. The molecule has 2 saturated carbocycles. The summed E-state index contributed by atoms with van der Waals surface area (Å²) in [7, 11) is 0. The first-order valence-corrected chi connectivity index (χ1v) is 5.65. The summed E-state index contributed by atoms with van der Waals surface area (Å²) >= 11 is 0. The molecule has 2 rings (SSSR count). The molecule has 2 fully saturated rings. The van der Waals surface area contributed by atoms with Crippen molar-refractivity contribution in [1.29, 1.82) is 0 Å². The molecule has 2 nitrogen and oxygen atoms in total. The summed E-state index contributed by atoms with van der Waals surface area (Å²) in [4.78, 5) is 23.5. The van der Waals surface area contributed by atoms with Gasteiger partial charge >= 0.3 is 0 Å². The number of carbonyl (C=O) groups is 2. The van der Waals surface area contributed by atoms with Gasteiger partial charge in [-0.1, -0.05) is 26.0 Å². The van der Waals surface area contributed by atoms with E-state index in [0.29, 0.717) is 31.5 Å². The van der Waals surface area contributed by atoms with Gasteiger partial charge in [-0.25, -0.2) is 0 Å². The molecule has 15 heavy (non-hydrogen) atoms. The zero-order valence-corrected chi connectivity index (χ0v) is 9.51. The molecule has 0 unspecified atom stereocenters. The number of fused-ring (bicyclic) bond motifs is 2. The number of carbonyl (C=O) groups excluding carboxylic acids is 2. The lowest BCUT2D eigenvalue weighted by Crippen LogP contribution is -2.38. The molecule has 0 aromatic rings. The van der Waals surface area contributed by atoms with E-state index in [4.69, 9.17) is 0 Å². The Labute approximate surface area is 90.7 Å². The molecule has 2 aliphatic carbocycles. The highest BCUT2D eigenvalue weighted by atomic mass is 16.1. The van der Waals surface area contributed by atoms with Crippen LogP contribution >= 0.6 is 0 Å². The summed E-state index contributed by atoms with van der Waals surface area (Å²) in [5, 5.41) is 0. The van der Waals surface area contributed by atoms with Crippen molar-refractivity contribution in [2.75, 3.05) is 0 Å². The van der Waals surface area contributed by atoms with Crippen LogP contribution in [0, 0.1) is 17.3 Å². The van der Waals surface area contributed by atoms with Crippen LogP contribution in [0.25, 0.3) is 0 Å². The van der Waals surface area contributed by atoms with Crippen molar-refractivity contribution in [3.05, 3.63) is 12.2 Å². The van der Waals surface area contributed by atoms with Gasteiger partial charge in [0.2, 0.25) is 0 Å². The summed E-state index contributed by atoms with van der Waals surface area (Å²) in [5.41, 5.74) is 0.937. The molecular weight excluding hydrogens is 188 g/mol. The fourth-order valence-electron chi connectivity index (χ4n) is 3.04. The van der Waals surface area contributed by atoms with Crippen LogP contribution in [0.3, 0.4) is 0 Å². The maximum absolute atomic E-state index is 11.9. The quantitative estimate of drug-likeness (QED) is 0.571. The second-order valence-corrected chi connectivity index (χ2v) is 5.59. The topological polar surface area (TPSA) is 34.1 Å². The van der Waals surface area contributed by atoms with Crippen LogP contribution in [0.15, 0.2) is 12.2 Å². The lowest BCUT2D eigenvalue weighted by Gasteiger charge is -2.41. The van der Waals surface area contributed by atoms with E-state index in [9.17, 15) is 9.59 Å². The molecule has 2 aliphatic rings. The lowest BCUT2D eigenvalue weighted by molar-refractivity contribution is -0.127. The van der Waals surface area contributed by atoms with Gasteiger partial charge in [0, 0.05) is 25.2 Å². The molecule has 0 aliphatic heterocycles. The zero-order chi connectivity index (χ0) is 11.2. The molecule has 0 aromatic heterocycles. The first-order valence-electron chi connectivity index (χ1n) is 5.65. The Bertz CT molecular complexity index is 338. The van der Waals surface area contributed by atoms with Crippen molar-refractivity contribution in [2.45, 2.75) is 39.5 Å². The molecular formula is C13H18O2. The summed E-state index contributed by atoms with van der Waals surface area (Å²) in [6.45, 7) is 8.22. The first kappa shape index (κ1) is 10.6. The monoisotopic (exact) mass is 206 g/mol. The highest BCUT2D eigenvalue weighted by Gasteiger charge is 2.45. The van der Waals surface area contributed by atoms with Gasteiger partial charge < -0.3 is 0 Å². The van der Waals surface area contributed by atoms with Crippen molar-refractivity contribution in [3.8, 4) is 0 Å². The van der Waals surface area contributed by atoms with E-state index in [1.165, 1.54) is 0 Å². The molecule has 0 aromatic carbocycles. The van der Waals surface area contributed by atoms with E-state index < -0.39 is 0 Å². The van der Waals surface area contributed by atoms with Gasteiger partial charge in [-0.2, -0.15) is 0 Å². The van der Waals surface area contributed by atoms with Crippen LogP contribution in [0.2, 0.25) is 0 Å². The Morgan fingerprint density at radius 2 is 2.00 bits per heavy atom. The van der Waals surface area contributed by atoms with Crippen LogP contribution in [-0.2, 0) is 9.59 Å². The van der Waals surface area contributed by atoms with Gasteiger partial charge in [-0.3, -0.25) is 9.59 Å². The van der Waals surface area contributed by atoms with E-state index >= 15 is 0 Å². The molecule has 2 heteroatoms. The number of rotatable bonds is 0. The number of allylic oxidation sites excluding steroid dienone is 1. The van der Waals surface area contributed by atoms with E-state index in [-0.39, 0.29) is 23.0 Å². The van der Waals surface area contributed by atoms with Crippen molar-refractivity contribution < 1.29 is 9.59 Å². The van der Waals surface area contributed by atoms with Gasteiger partial charge in [0.1, 0.15) is 11.6 Å². The number of hydrogen-bond acceptors (Lipinski definition) is 2. The molecule has 0 heterocycles. The average Bonchev–Trinajstić information content (AvgIpc) is 2.22. The zero-order valence-electron chi connectivity index (χ0n) is 9.51. The third-order valence-electron chi connectivity index (χ3n) is 4.00. The first-order chi connectivity index (χ1) is 6.92. The van der Waals surface area contributed by atoms with Gasteiger partial charge in [0.05, 0.1) is 0 Å². The number of hydrogen-bond donors (Lipinski definition) is 0. The normalized spacial score (nSPS) is 35.2. The third kappa shape index (κ3) is 1.66. The lowest BCUT2D eigenvalue weighted by atomic mass is 9.62. The highest BCUT2D eigenvalue weighted by molar-refractivity contribution is 5.89. The fourth-order valence-corrected chi connectivity index (χ4v) is 3.04. The summed E-state index contributed by atoms with van der Waals surface area (Å²) in [5.74, 6) is 0.770. The maximum atomic E-state index is 11.9. The van der Waals surface area contributed by atoms with E-state index in [0.717, 1.165) is 5.57 Å². The van der Waals surface area contributed by atoms with Crippen molar-refractivity contribution in [2.24, 2.45) is 17.3 Å². The van der Waals surface area contributed by atoms with Crippen molar-refractivity contribution in [3.63, 3.8) is 0 Å². The molecule has 0 amide bonds. The van der Waals surface area contributed by atoms with Crippen LogP contribution < -0.4 is 0 Å². The fraction of sp³-hybridized carbons (Fsp3) is 0.692. The Morgan fingerprint density at radius 1 is 1.33 bits per heavy atom. The molecule has 0 N–H and O–H groups in total. The number of Topliss-reactive ketones (excluding diaryl/α,β-unsaturated/α-hetero) is 2. The minimum absolute atomic E-state index is 0.0329. The van der Waals surface area contributed by atoms with Crippen LogP contribution in [0.5, 0.6) is 0 Å². The van der Waals surface area contributed by atoms with Gasteiger partial charge in [-0.05, 0) is 17.8 Å². The third-order valence-corrected chi connectivity index (χ3v) is 4.00. The second kappa shape index (κ2) is 3.29. The van der Waals surface area contributed by atoms with Crippen LogP contribution in [-0.4, -0.2) is 11.6 Å². The maximum Gasteiger partial charge on any atom is 0.140 e.